The predicted octanol–water partition coefficient (Wildman–Crippen LogP) is -0.903. The van der Waals surface area contributed by atoms with Crippen molar-refractivity contribution in [2.24, 2.45) is 0 Å². The van der Waals surface area contributed by atoms with Crippen LogP contribution in [0.25, 0.3) is 0 Å². The number of ketones is 1. The number of carbonyl (C=O) groups excluding carboxylic acids is 2. The molecule has 98 valence electrons. The summed E-state index contributed by atoms with van der Waals surface area (Å²) in [6, 6.07) is -0.566. The summed E-state index contributed by atoms with van der Waals surface area (Å²) in [6.45, 7) is 3.28. The number of carboxylic acids is 1. The maximum absolute atomic E-state index is 11.9. The third-order valence-electron chi connectivity index (χ3n) is 3.01. The number of hydrogen-bond acceptors (Lipinski definition) is 4. The van der Waals surface area contributed by atoms with Gasteiger partial charge in [-0.2, -0.15) is 0 Å². The first-order valence-corrected chi connectivity index (χ1v) is 5.46. The predicted molar refractivity (Wildman–Crippen MR) is 61.9 cm³/mol. The van der Waals surface area contributed by atoms with Gasteiger partial charge in [-0.3, -0.25) is 4.79 Å². The second-order valence-corrected chi connectivity index (χ2v) is 5.13. The molecular weight excluding hydrogens is 222 g/mol. The van der Waals surface area contributed by atoms with Crippen molar-refractivity contribution in [2.45, 2.75) is 31.9 Å². The van der Waals surface area contributed by atoms with E-state index < -0.39 is 29.8 Å². The van der Waals surface area contributed by atoms with Crippen molar-refractivity contribution in [1.82, 2.24) is 0 Å². The van der Waals surface area contributed by atoms with Crippen molar-refractivity contribution in [2.75, 3.05) is 21.1 Å². The molecule has 0 heterocycles. The largest absolute Gasteiger partial charge is 0.550 e. The van der Waals surface area contributed by atoms with Crippen molar-refractivity contribution < 1.29 is 24.3 Å². The zero-order chi connectivity index (χ0) is 13.9. The molecule has 0 rings (SSSR count). The fourth-order valence-corrected chi connectivity index (χ4v) is 1.60. The lowest BCUT2D eigenvalue weighted by Gasteiger charge is -2.41. The lowest BCUT2D eigenvalue weighted by Crippen LogP contribution is -2.62. The minimum atomic E-state index is -1.94. The molecule has 1 N–H and O–H groups in total. The van der Waals surface area contributed by atoms with E-state index in [9.17, 15) is 19.8 Å². The molecule has 5 nitrogen and oxygen atoms in total. The second-order valence-electron chi connectivity index (χ2n) is 5.13. The Hall–Kier alpha value is -1.20. The Morgan fingerprint density at radius 1 is 1.41 bits per heavy atom. The topological polar surface area (TPSA) is 77.4 Å². The second kappa shape index (κ2) is 5.42. The van der Waals surface area contributed by atoms with E-state index in [-0.39, 0.29) is 4.48 Å². The summed E-state index contributed by atoms with van der Waals surface area (Å²) >= 11 is 0. The van der Waals surface area contributed by atoms with E-state index in [1.807, 2.05) is 0 Å². The Labute approximate surface area is 102 Å². The highest BCUT2D eigenvalue weighted by molar-refractivity contribution is 5.99. The van der Waals surface area contributed by atoms with Crippen LogP contribution in [-0.2, 0) is 9.59 Å². The molecule has 0 aliphatic heterocycles. The van der Waals surface area contributed by atoms with Gasteiger partial charge >= 0.3 is 0 Å². The lowest BCUT2D eigenvalue weighted by atomic mass is 9.85. The Morgan fingerprint density at radius 3 is 2.18 bits per heavy atom. The van der Waals surface area contributed by atoms with Crippen molar-refractivity contribution in [3.8, 4) is 0 Å². The third kappa shape index (κ3) is 3.94. The van der Waals surface area contributed by atoms with E-state index in [4.69, 9.17) is 0 Å². The number of allylic oxidation sites excluding steroid dienone is 1. The molecule has 0 aliphatic rings. The van der Waals surface area contributed by atoms with Crippen LogP contribution in [0, 0.1) is 0 Å². The van der Waals surface area contributed by atoms with E-state index >= 15 is 0 Å². The highest BCUT2D eigenvalue weighted by Gasteiger charge is 2.46. The van der Waals surface area contributed by atoms with Crippen molar-refractivity contribution in [1.29, 1.82) is 0 Å². The van der Waals surface area contributed by atoms with Crippen LogP contribution in [0.5, 0.6) is 0 Å². The van der Waals surface area contributed by atoms with Gasteiger partial charge in [-0.15, -0.1) is 0 Å². The van der Waals surface area contributed by atoms with Crippen LogP contribution < -0.4 is 5.11 Å². The summed E-state index contributed by atoms with van der Waals surface area (Å²) < 4.78 is 0.271. The molecule has 0 spiro atoms. The van der Waals surface area contributed by atoms with Crippen LogP contribution in [0.2, 0.25) is 0 Å². The molecule has 0 bridgehead atoms. The zero-order valence-electron chi connectivity index (χ0n) is 11.1. The highest BCUT2D eigenvalue weighted by atomic mass is 16.4. The van der Waals surface area contributed by atoms with Gasteiger partial charge in [0.1, 0.15) is 6.04 Å². The summed E-state index contributed by atoms with van der Waals surface area (Å²) in [7, 11) is 5.36. The van der Waals surface area contributed by atoms with Gasteiger partial charge in [-0.05, 0) is 19.9 Å². The molecule has 2 atom stereocenters. The average Bonchev–Trinajstić information content (AvgIpc) is 2.14. The molecule has 2 unspecified atom stereocenters. The van der Waals surface area contributed by atoms with Gasteiger partial charge in [0, 0.05) is 12.4 Å². The number of aliphatic carboxylic acids is 1. The van der Waals surface area contributed by atoms with Gasteiger partial charge in [0.2, 0.25) is 0 Å². The molecule has 5 heteroatoms. The Kier molecular flexibility index (Phi) is 5.04. The van der Waals surface area contributed by atoms with Crippen LogP contribution in [0.3, 0.4) is 0 Å². The fraction of sp³-hybridized carbons (Fsp3) is 0.667. The molecule has 17 heavy (non-hydrogen) atoms. The monoisotopic (exact) mass is 243 g/mol. The molecule has 0 aliphatic carbocycles. The molecule has 0 radical (unpaired) electrons. The number of rotatable bonds is 6. The summed E-state index contributed by atoms with van der Waals surface area (Å²) in [4.78, 5) is 22.6. The van der Waals surface area contributed by atoms with Crippen molar-refractivity contribution >= 4 is 11.8 Å². The smallest absolute Gasteiger partial charge is 0.193 e. The van der Waals surface area contributed by atoms with Crippen LogP contribution in [-0.4, -0.2) is 54.1 Å². The number of quaternary nitrogens is 1. The highest BCUT2D eigenvalue weighted by Crippen LogP contribution is 2.24. The number of carboxylic acid groups (broad SMARTS) is 1. The Morgan fingerprint density at radius 2 is 1.88 bits per heavy atom. The fourth-order valence-electron chi connectivity index (χ4n) is 1.60. The van der Waals surface area contributed by atoms with Gasteiger partial charge in [-0.1, -0.05) is 6.08 Å². The Balaban J connectivity index is 5.38. The maximum atomic E-state index is 11.9. The average molecular weight is 243 g/mol. The SMILES string of the molecule is C/C=C/C(=O)C(O)(CC(=O)[O-])C(C)[N+](C)(C)C. The molecule has 0 saturated carbocycles. The Bertz CT molecular complexity index is 330. The van der Waals surface area contributed by atoms with Gasteiger partial charge < -0.3 is 19.5 Å². The summed E-state index contributed by atoms with van der Waals surface area (Å²) in [6.07, 6.45) is 1.97. The third-order valence-corrected chi connectivity index (χ3v) is 3.01. The van der Waals surface area contributed by atoms with E-state index in [2.05, 4.69) is 0 Å². The molecule has 0 fully saturated rings. The summed E-state index contributed by atoms with van der Waals surface area (Å²) in [5.74, 6) is -2.05. The number of carbonyl (C=O) groups is 2. The number of likely N-dealkylation sites (N-methyl/N-ethyl adjacent to an activating group) is 1. The summed E-state index contributed by atoms with van der Waals surface area (Å²) in [5, 5.41) is 21.0. The normalized spacial score (nSPS) is 17.8. The van der Waals surface area contributed by atoms with E-state index in [0.717, 1.165) is 0 Å². The molecule has 0 amide bonds. The van der Waals surface area contributed by atoms with E-state index in [1.54, 1.807) is 35.0 Å². The molecular formula is C12H21NO4. The van der Waals surface area contributed by atoms with Gasteiger partial charge in [0.05, 0.1) is 21.1 Å². The maximum Gasteiger partial charge on any atom is 0.193 e. The molecule has 0 aromatic carbocycles. The quantitative estimate of drug-likeness (QED) is 0.484. The standard InChI is InChI=1S/C12H21NO4/c1-6-7-10(14)12(17,8-11(15)16)9(2)13(3,4)5/h6-7,9,17H,8H2,1-5H3/b7-6+. The van der Waals surface area contributed by atoms with Gasteiger partial charge in [0.15, 0.2) is 11.4 Å². The first kappa shape index (κ1) is 15.8. The summed E-state index contributed by atoms with van der Waals surface area (Å²) in [5.41, 5.74) is -1.94. The number of aliphatic hydroxyl groups is 1. The van der Waals surface area contributed by atoms with Gasteiger partial charge in [-0.25, -0.2) is 0 Å². The van der Waals surface area contributed by atoms with E-state index in [1.165, 1.54) is 12.2 Å². The van der Waals surface area contributed by atoms with Crippen LogP contribution >= 0.6 is 0 Å². The van der Waals surface area contributed by atoms with Crippen LogP contribution in [0.4, 0.5) is 0 Å². The van der Waals surface area contributed by atoms with Crippen molar-refractivity contribution in [3.05, 3.63) is 12.2 Å². The van der Waals surface area contributed by atoms with E-state index in [0.29, 0.717) is 0 Å². The lowest BCUT2D eigenvalue weighted by molar-refractivity contribution is -0.900. The first-order valence-electron chi connectivity index (χ1n) is 5.46. The van der Waals surface area contributed by atoms with Crippen LogP contribution in [0.1, 0.15) is 20.3 Å². The first-order chi connectivity index (χ1) is 7.55. The molecule has 0 aromatic rings. The van der Waals surface area contributed by atoms with Crippen molar-refractivity contribution in [3.63, 3.8) is 0 Å². The van der Waals surface area contributed by atoms with Gasteiger partial charge in [0.25, 0.3) is 0 Å². The zero-order valence-corrected chi connectivity index (χ0v) is 11.1. The number of nitrogens with zero attached hydrogens (tertiary/aromatic N) is 1. The minimum Gasteiger partial charge on any atom is -0.550 e. The molecule has 0 saturated heterocycles. The van der Waals surface area contributed by atoms with Crippen LogP contribution in [0.15, 0.2) is 12.2 Å². The minimum absolute atomic E-state index is 0.271. The molecule has 0 aromatic heterocycles. The number of hydrogen-bond donors (Lipinski definition) is 1.